The Morgan fingerprint density at radius 3 is 2.43 bits per heavy atom. The van der Waals surface area contributed by atoms with Gasteiger partial charge in [-0.25, -0.2) is 8.42 Å². The monoisotopic (exact) mass is 402 g/mol. The average molecular weight is 403 g/mol. The summed E-state index contributed by atoms with van der Waals surface area (Å²) < 4.78 is 26.3. The van der Waals surface area contributed by atoms with Crippen LogP contribution >= 0.6 is 15.9 Å². The van der Waals surface area contributed by atoms with E-state index in [1.807, 2.05) is 24.8 Å². The van der Waals surface area contributed by atoms with E-state index < -0.39 is 10.0 Å². The fourth-order valence-corrected chi connectivity index (χ4v) is 4.38. The van der Waals surface area contributed by atoms with Gasteiger partial charge in [-0.1, -0.05) is 22.0 Å². The number of carbonyl (C=O) groups excluding carboxylic acids is 1. The molecule has 128 valence electrons. The molecule has 1 aromatic rings. The van der Waals surface area contributed by atoms with Gasteiger partial charge in [-0.3, -0.25) is 9.10 Å². The van der Waals surface area contributed by atoms with Gasteiger partial charge >= 0.3 is 0 Å². The lowest BCUT2D eigenvalue weighted by atomic mass is 9.97. The van der Waals surface area contributed by atoms with E-state index in [1.165, 1.54) is 4.31 Å². The third kappa shape index (κ3) is 4.47. The molecule has 2 atom stereocenters. The Balaban J connectivity index is 2.26. The van der Waals surface area contributed by atoms with Crippen LogP contribution in [0.2, 0.25) is 0 Å². The van der Waals surface area contributed by atoms with Gasteiger partial charge in [0.25, 0.3) is 0 Å². The first-order chi connectivity index (χ1) is 10.7. The zero-order valence-corrected chi connectivity index (χ0v) is 16.1. The predicted molar refractivity (Wildman–Crippen MR) is 96.0 cm³/mol. The van der Waals surface area contributed by atoms with Crippen LogP contribution in [0.1, 0.15) is 33.1 Å². The first-order valence-corrected chi connectivity index (χ1v) is 10.4. The van der Waals surface area contributed by atoms with Crippen LogP contribution in [0.3, 0.4) is 0 Å². The van der Waals surface area contributed by atoms with E-state index in [0.717, 1.165) is 30.0 Å². The zero-order valence-electron chi connectivity index (χ0n) is 13.7. The number of halogens is 1. The van der Waals surface area contributed by atoms with Gasteiger partial charge in [0.05, 0.1) is 11.9 Å². The summed E-state index contributed by atoms with van der Waals surface area (Å²) in [7, 11) is -3.54. The number of sulfonamides is 1. The summed E-state index contributed by atoms with van der Waals surface area (Å²) in [6.45, 7) is 3.89. The fourth-order valence-electron chi connectivity index (χ4n) is 3.15. The largest absolute Gasteiger partial charge is 0.336 e. The first kappa shape index (κ1) is 18.3. The highest BCUT2D eigenvalue weighted by atomic mass is 79.9. The number of anilines is 1. The molecule has 0 radical (unpaired) electrons. The van der Waals surface area contributed by atoms with E-state index in [4.69, 9.17) is 0 Å². The van der Waals surface area contributed by atoms with Crippen molar-refractivity contribution < 1.29 is 13.2 Å². The van der Waals surface area contributed by atoms with Gasteiger partial charge in [0.2, 0.25) is 15.9 Å². The smallest absolute Gasteiger partial charge is 0.243 e. The molecule has 2 rings (SSSR count). The Hall–Kier alpha value is -1.08. The summed E-state index contributed by atoms with van der Waals surface area (Å²) >= 11 is 3.34. The summed E-state index contributed by atoms with van der Waals surface area (Å²) in [5.74, 6) is -0.143. The maximum atomic E-state index is 12.7. The van der Waals surface area contributed by atoms with E-state index >= 15 is 0 Å². The molecule has 0 bridgehead atoms. The van der Waals surface area contributed by atoms with E-state index in [-0.39, 0.29) is 24.5 Å². The molecule has 2 unspecified atom stereocenters. The van der Waals surface area contributed by atoms with Gasteiger partial charge in [0, 0.05) is 16.6 Å². The molecule has 1 heterocycles. The van der Waals surface area contributed by atoms with Gasteiger partial charge in [-0.05, 0) is 51.3 Å². The molecule has 1 amide bonds. The molecular formula is C16H23BrN2O3S. The Morgan fingerprint density at radius 2 is 1.91 bits per heavy atom. The number of likely N-dealkylation sites (tertiary alicyclic amines) is 1. The molecule has 1 saturated heterocycles. The number of piperidine rings is 1. The van der Waals surface area contributed by atoms with Crippen LogP contribution in [0.4, 0.5) is 5.69 Å². The first-order valence-electron chi connectivity index (χ1n) is 7.74. The van der Waals surface area contributed by atoms with Crippen LogP contribution in [0, 0.1) is 0 Å². The van der Waals surface area contributed by atoms with Crippen LogP contribution in [0.25, 0.3) is 0 Å². The predicted octanol–water partition coefficient (Wildman–Crippen LogP) is 3.00. The van der Waals surface area contributed by atoms with Gasteiger partial charge in [0.15, 0.2) is 0 Å². The normalized spacial score (nSPS) is 22.0. The van der Waals surface area contributed by atoms with E-state index in [9.17, 15) is 13.2 Å². The Kier molecular flexibility index (Phi) is 5.73. The molecule has 0 aliphatic carbocycles. The van der Waals surface area contributed by atoms with Crippen molar-refractivity contribution in [2.75, 3.05) is 17.1 Å². The van der Waals surface area contributed by atoms with Gasteiger partial charge in [-0.2, -0.15) is 0 Å². The third-order valence-electron chi connectivity index (χ3n) is 4.26. The van der Waals surface area contributed by atoms with Gasteiger partial charge in [-0.15, -0.1) is 0 Å². The summed E-state index contributed by atoms with van der Waals surface area (Å²) in [6.07, 6.45) is 4.16. The third-order valence-corrected chi connectivity index (χ3v) is 5.89. The number of rotatable bonds is 4. The van der Waals surface area contributed by atoms with E-state index in [1.54, 1.807) is 18.2 Å². The lowest BCUT2D eigenvalue weighted by Crippen LogP contribution is -2.51. The average Bonchev–Trinajstić information content (AvgIpc) is 2.43. The minimum Gasteiger partial charge on any atom is -0.336 e. The SMILES string of the molecule is CC1CCCC(C)N1C(=O)CN(c1cccc(Br)c1)S(C)(=O)=O. The number of carbonyl (C=O) groups is 1. The molecule has 0 saturated carbocycles. The summed E-state index contributed by atoms with van der Waals surface area (Å²) in [5.41, 5.74) is 0.493. The lowest BCUT2D eigenvalue weighted by Gasteiger charge is -2.40. The highest BCUT2D eigenvalue weighted by Crippen LogP contribution is 2.25. The molecule has 23 heavy (non-hydrogen) atoms. The Labute approximate surface area is 146 Å². The van der Waals surface area contributed by atoms with E-state index in [0.29, 0.717) is 5.69 Å². The maximum absolute atomic E-state index is 12.7. The molecule has 5 nitrogen and oxygen atoms in total. The van der Waals surface area contributed by atoms with Crippen LogP contribution in [0.5, 0.6) is 0 Å². The minimum atomic E-state index is -3.54. The number of benzene rings is 1. The van der Waals surface area contributed by atoms with Crippen molar-refractivity contribution in [3.05, 3.63) is 28.7 Å². The van der Waals surface area contributed by atoms with Crippen molar-refractivity contribution >= 4 is 37.5 Å². The van der Waals surface area contributed by atoms with E-state index in [2.05, 4.69) is 15.9 Å². The summed E-state index contributed by atoms with van der Waals surface area (Å²) in [5, 5.41) is 0. The van der Waals surface area contributed by atoms with Gasteiger partial charge in [0.1, 0.15) is 6.54 Å². The molecule has 0 aromatic heterocycles. The number of nitrogens with zero attached hydrogens (tertiary/aromatic N) is 2. The highest BCUT2D eigenvalue weighted by Gasteiger charge is 2.31. The van der Waals surface area contributed by atoms with Gasteiger partial charge < -0.3 is 4.90 Å². The number of hydrogen-bond acceptors (Lipinski definition) is 3. The van der Waals surface area contributed by atoms with Crippen molar-refractivity contribution in [2.24, 2.45) is 0 Å². The van der Waals surface area contributed by atoms with Crippen molar-refractivity contribution in [3.63, 3.8) is 0 Å². The molecule has 0 N–H and O–H groups in total. The molecule has 1 aromatic carbocycles. The lowest BCUT2D eigenvalue weighted by molar-refractivity contribution is -0.135. The Morgan fingerprint density at radius 1 is 1.30 bits per heavy atom. The van der Waals surface area contributed by atoms with Crippen molar-refractivity contribution in [2.45, 2.75) is 45.2 Å². The zero-order chi connectivity index (χ0) is 17.2. The summed E-state index contributed by atoms with van der Waals surface area (Å²) in [6, 6.07) is 7.28. The van der Waals surface area contributed by atoms with Crippen LogP contribution in [0.15, 0.2) is 28.7 Å². The second-order valence-corrected chi connectivity index (χ2v) is 9.00. The van der Waals surface area contributed by atoms with Crippen LogP contribution < -0.4 is 4.31 Å². The highest BCUT2D eigenvalue weighted by molar-refractivity contribution is 9.10. The van der Waals surface area contributed by atoms with Crippen LogP contribution in [-0.2, 0) is 14.8 Å². The minimum absolute atomic E-state index is 0.143. The van der Waals surface area contributed by atoms with Crippen LogP contribution in [-0.4, -0.2) is 44.1 Å². The van der Waals surface area contributed by atoms with Crippen molar-refractivity contribution in [1.29, 1.82) is 0 Å². The fraction of sp³-hybridized carbons (Fsp3) is 0.562. The molecule has 1 fully saturated rings. The molecule has 7 heteroatoms. The van der Waals surface area contributed by atoms with Crippen molar-refractivity contribution in [3.8, 4) is 0 Å². The molecule has 1 aliphatic rings. The summed E-state index contributed by atoms with van der Waals surface area (Å²) in [4.78, 5) is 14.6. The topological polar surface area (TPSA) is 57.7 Å². The Bertz CT molecular complexity index is 668. The maximum Gasteiger partial charge on any atom is 0.243 e. The second-order valence-electron chi connectivity index (χ2n) is 6.18. The molecule has 1 aliphatic heterocycles. The quantitative estimate of drug-likeness (QED) is 0.777. The standard InChI is InChI=1S/C16H23BrN2O3S/c1-12-6-4-7-13(2)19(12)16(20)11-18(23(3,21)22)15-9-5-8-14(17)10-15/h5,8-10,12-13H,4,6-7,11H2,1-3H3. The number of hydrogen-bond donors (Lipinski definition) is 0. The number of amides is 1. The van der Waals surface area contributed by atoms with Crippen molar-refractivity contribution in [1.82, 2.24) is 4.90 Å². The second kappa shape index (κ2) is 7.21. The molecular weight excluding hydrogens is 380 g/mol. The molecule has 0 spiro atoms.